The summed E-state index contributed by atoms with van der Waals surface area (Å²) in [5, 5.41) is 12.1. The molecule has 1 aromatic heterocycles. The summed E-state index contributed by atoms with van der Waals surface area (Å²) in [5.74, 6) is -1.64. The number of esters is 1. The van der Waals surface area contributed by atoms with E-state index in [1.807, 2.05) is 29.2 Å². The molecule has 0 radical (unpaired) electrons. The lowest BCUT2D eigenvalue weighted by Crippen LogP contribution is -2.42. The summed E-state index contributed by atoms with van der Waals surface area (Å²) in [6, 6.07) is 12.8. The Morgan fingerprint density at radius 1 is 1.16 bits per heavy atom. The summed E-state index contributed by atoms with van der Waals surface area (Å²) < 4.78 is 40.8. The number of nitrogens with zero attached hydrogens (tertiary/aromatic N) is 3. The lowest BCUT2D eigenvalue weighted by atomic mass is 9.85. The van der Waals surface area contributed by atoms with Crippen LogP contribution in [0.1, 0.15) is 56.3 Å². The smallest absolute Gasteiger partial charge is 0.408 e. The molecule has 1 amide bonds. The number of anilines is 1. The second-order valence-electron chi connectivity index (χ2n) is 11.4. The molecule has 1 aliphatic heterocycles. The maximum Gasteiger partial charge on any atom is 0.408 e. The van der Waals surface area contributed by atoms with E-state index in [1.54, 1.807) is 32.9 Å². The number of ether oxygens (including phenoxy) is 2. The van der Waals surface area contributed by atoms with Crippen LogP contribution in [-0.4, -0.2) is 42.8 Å². The number of carbonyl (C=O) groups excluding carboxylic acids is 2. The van der Waals surface area contributed by atoms with Crippen LogP contribution in [0.4, 0.5) is 19.4 Å². The number of aromatic nitrogens is 1. The number of nitrogens with one attached hydrogen (secondary N) is 1. The molecular weight excluding hydrogens is 634 g/mol. The number of hydrogen-bond donors (Lipinski definition) is 1. The largest absolute Gasteiger partial charge is 0.466 e. The second-order valence-corrected chi connectivity index (χ2v) is 12.3. The zero-order valence-electron chi connectivity index (χ0n) is 24.9. The van der Waals surface area contributed by atoms with E-state index < -0.39 is 29.3 Å². The summed E-state index contributed by atoms with van der Waals surface area (Å²) in [4.78, 5) is 30.5. The van der Waals surface area contributed by atoms with Gasteiger partial charge in [0, 0.05) is 35.4 Å². The minimum absolute atomic E-state index is 0.000770. The van der Waals surface area contributed by atoms with Crippen molar-refractivity contribution in [3.8, 4) is 17.2 Å². The van der Waals surface area contributed by atoms with Crippen molar-refractivity contribution in [1.29, 1.82) is 5.26 Å². The number of hydrogen-bond acceptors (Lipinski definition) is 7. The molecule has 4 rings (SSSR count). The minimum Gasteiger partial charge on any atom is -0.466 e. The zero-order valence-corrected chi connectivity index (χ0v) is 26.5. The molecule has 2 aromatic carbocycles. The number of amides is 1. The van der Waals surface area contributed by atoms with Crippen LogP contribution in [0.5, 0.6) is 0 Å². The Bertz CT molecular complexity index is 1590. The summed E-state index contributed by atoms with van der Waals surface area (Å²) in [5.41, 5.74) is 1.30. The van der Waals surface area contributed by atoms with Crippen molar-refractivity contribution in [2.45, 2.75) is 45.3 Å². The van der Waals surface area contributed by atoms with Crippen LogP contribution in [0.25, 0.3) is 17.2 Å². The molecule has 3 aromatic rings. The van der Waals surface area contributed by atoms with Crippen molar-refractivity contribution in [1.82, 2.24) is 10.3 Å². The van der Waals surface area contributed by atoms with E-state index in [0.717, 1.165) is 17.2 Å². The van der Waals surface area contributed by atoms with E-state index >= 15 is 4.39 Å². The fraction of sp³-hybridized carbons (Fsp3) is 0.333. The number of benzene rings is 2. The maximum absolute atomic E-state index is 15.9. The van der Waals surface area contributed by atoms with E-state index in [0.29, 0.717) is 30.4 Å². The Labute approximate surface area is 263 Å². The van der Waals surface area contributed by atoms with Gasteiger partial charge in [0.25, 0.3) is 0 Å². The summed E-state index contributed by atoms with van der Waals surface area (Å²) in [6.07, 6.45) is 5.15. The predicted octanol–water partition coefficient (Wildman–Crippen LogP) is 7.33. The van der Waals surface area contributed by atoms with Gasteiger partial charge in [-0.1, -0.05) is 30.3 Å². The zero-order chi connectivity index (χ0) is 32.0. The average Bonchev–Trinajstić information content (AvgIpc) is 2.98. The van der Waals surface area contributed by atoms with E-state index in [2.05, 4.69) is 31.0 Å². The topological polar surface area (TPSA) is 105 Å². The molecule has 1 atom stereocenters. The molecule has 1 saturated heterocycles. The number of methoxy groups -OCH3 is 1. The van der Waals surface area contributed by atoms with Crippen LogP contribution in [0, 0.1) is 28.9 Å². The van der Waals surface area contributed by atoms with Crippen LogP contribution in [-0.2, 0) is 14.3 Å². The van der Waals surface area contributed by atoms with Gasteiger partial charge < -0.3 is 19.7 Å². The third kappa shape index (κ3) is 7.99. The highest BCUT2D eigenvalue weighted by Crippen LogP contribution is 2.38. The predicted molar refractivity (Wildman–Crippen MR) is 167 cm³/mol. The number of carbonyl (C=O) groups is 2. The number of piperidine rings is 1. The minimum atomic E-state index is -0.730. The number of halogens is 3. The third-order valence-corrected chi connectivity index (χ3v) is 7.83. The van der Waals surface area contributed by atoms with Crippen LogP contribution in [0.15, 0.2) is 59.2 Å². The van der Waals surface area contributed by atoms with Crippen LogP contribution in [0.3, 0.4) is 0 Å². The standard InChI is InChI=1S/C33H33BrF2N4O4/c1-33(2,3)44-32(42)39-30(21-8-5-20(6-9-21)7-12-27(41)43-4)22-13-15-40(16-14-22)31-29(36)28(25(34)19-38-31)23-10-11-24(18-37)26(35)17-23/h5-12,17,19,22,30H,13-16H2,1-4H3,(H,39,42)/b12-7+. The fourth-order valence-electron chi connectivity index (χ4n) is 5.10. The van der Waals surface area contributed by atoms with Gasteiger partial charge >= 0.3 is 12.1 Å². The highest BCUT2D eigenvalue weighted by Gasteiger charge is 2.32. The summed E-state index contributed by atoms with van der Waals surface area (Å²) in [7, 11) is 1.31. The first-order valence-corrected chi connectivity index (χ1v) is 14.8. The molecule has 1 N–H and O–H groups in total. The van der Waals surface area contributed by atoms with Crippen molar-refractivity contribution >= 4 is 39.9 Å². The molecule has 0 spiro atoms. The number of rotatable bonds is 7. The Hall–Kier alpha value is -4.30. The van der Waals surface area contributed by atoms with Gasteiger partial charge in [0.1, 0.15) is 17.5 Å². The molecule has 1 aliphatic rings. The highest BCUT2D eigenvalue weighted by molar-refractivity contribution is 9.10. The van der Waals surface area contributed by atoms with Crippen molar-refractivity contribution in [2.24, 2.45) is 5.92 Å². The maximum atomic E-state index is 15.9. The average molecular weight is 668 g/mol. The molecule has 1 fully saturated rings. The first-order chi connectivity index (χ1) is 20.9. The lowest BCUT2D eigenvalue weighted by Gasteiger charge is -2.37. The third-order valence-electron chi connectivity index (χ3n) is 7.22. The summed E-state index contributed by atoms with van der Waals surface area (Å²) >= 11 is 3.34. The first-order valence-electron chi connectivity index (χ1n) is 14.0. The fourth-order valence-corrected chi connectivity index (χ4v) is 5.61. The normalized spacial score (nSPS) is 14.6. The van der Waals surface area contributed by atoms with Gasteiger partial charge in [-0.05, 0) is 90.4 Å². The van der Waals surface area contributed by atoms with Crippen LogP contribution < -0.4 is 10.2 Å². The van der Waals surface area contributed by atoms with Crippen LogP contribution in [0.2, 0.25) is 0 Å². The summed E-state index contributed by atoms with van der Waals surface area (Å²) in [6.45, 7) is 6.31. The molecule has 2 heterocycles. The van der Waals surface area contributed by atoms with Gasteiger partial charge in [0.2, 0.25) is 0 Å². The van der Waals surface area contributed by atoms with E-state index in [9.17, 15) is 14.0 Å². The SMILES string of the molecule is COC(=O)/C=C/c1ccc(C(NC(=O)OC(C)(C)C)C2CCN(c3ncc(Br)c(-c4ccc(C#N)c(F)c4)c3F)CC2)cc1. The van der Waals surface area contributed by atoms with Crippen LogP contribution >= 0.6 is 15.9 Å². The Morgan fingerprint density at radius 3 is 2.43 bits per heavy atom. The Morgan fingerprint density at radius 2 is 1.84 bits per heavy atom. The Balaban J connectivity index is 1.56. The van der Waals surface area contributed by atoms with E-state index in [-0.39, 0.29) is 34.5 Å². The molecule has 11 heteroatoms. The van der Waals surface area contributed by atoms with Gasteiger partial charge in [0.15, 0.2) is 11.6 Å². The molecule has 0 aliphatic carbocycles. The van der Waals surface area contributed by atoms with Gasteiger partial charge in [-0.25, -0.2) is 23.4 Å². The van der Waals surface area contributed by atoms with Gasteiger partial charge in [-0.2, -0.15) is 5.26 Å². The first kappa shape index (κ1) is 32.6. The highest BCUT2D eigenvalue weighted by atomic mass is 79.9. The second kappa shape index (κ2) is 14.0. The number of pyridine rings is 1. The quantitative estimate of drug-likeness (QED) is 0.208. The van der Waals surface area contributed by atoms with Gasteiger partial charge in [0.05, 0.1) is 18.7 Å². The number of nitriles is 1. The monoisotopic (exact) mass is 666 g/mol. The van der Waals surface area contributed by atoms with E-state index in [1.165, 1.54) is 31.5 Å². The molecule has 0 saturated carbocycles. The molecule has 0 bridgehead atoms. The molecule has 44 heavy (non-hydrogen) atoms. The van der Waals surface area contributed by atoms with Crippen molar-refractivity contribution in [3.63, 3.8) is 0 Å². The lowest BCUT2D eigenvalue weighted by molar-refractivity contribution is -0.134. The van der Waals surface area contributed by atoms with Crippen molar-refractivity contribution in [2.75, 3.05) is 25.1 Å². The molecular formula is C33H33BrF2N4O4. The van der Waals surface area contributed by atoms with E-state index in [4.69, 9.17) is 10.00 Å². The van der Waals surface area contributed by atoms with Crippen molar-refractivity contribution < 1.29 is 27.8 Å². The van der Waals surface area contributed by atoms with Gasteiger partial charge in [-0.3, -0.25) is 0 Å². The number of alkyl carbamates (subject to hydrolysis) is 1. The van der Waals surface area contributed by atoms with Gasteiger partial charge in [-0.15, -0.1) is 0 Å². The Kier molecular flexibility index (Phi) is 10.4. The molecule has 230 valence electrons. The molecule has 1 unspecified atom stereocenters. The molecule has 8 nitrogen and oxygen atoms in total. The van der Waals surface area contributed by atoms with Crippen molar-refractivity contribution in [3.05, 3.63) is 87.5 Å².